The first-order valence-corrected chi connectivity index (χ1v) is 10.5. The van der Waals surface area contributed by atoms with E-state index >= 15 is 0 Å². The van der Waals surface area contributed by atoms with Crippen LogP contribution in [0, 0.1) is 13.8 Å². The average Bonchev–Trinajstić information content (AvgIpc) is 3.11. The van der Waals surface area contributed by atoms with E-state index in [-0.39, 0.29) is 0 Å². The largest absolute Gasteiger partial charge is 0.366 e. The Hall–Kier alpha value is -2.24. The molecule has 0 atom stereocenters. The molecule has 0 aliphatic heterocycles. The van der Waals surface area contributed by atoms with Gasteiger partial charge in [-0.15, -0.1) is 0 Å². The molecule has 0 N–H and O–H groups in total. The van der Waals surface area contributed by atoms with Crippen molar-refractivity contribution in [2.75, 3.05) is 13.6 Å². The predicted molar refractivity (Wildman–Crippen MR) is 119 cm³/mol. The second kappa shape index (κ2) is 9.30. The highest BCUT2D eigenvalue weighted by molar-refractivity contribution is 7.05. The van der Waals surface area contributed by atoms with Gasteiger partial charge in [0, 0.05) is 31.5 Å². The van der Waals surface area contributed by atoms with Gasteiger partial charge in [0.2, 0.25) is 0 Å². The van der Waals surface area contributed by atoms with Crippen LogP contribution in [0.15, 0.2) is 41.4 Å². The lowest BCUT2D eigenvalue weighted by molar-refractivity contribution is 0.552. The highest BCUT2D eigenvalue weighted by Crippen LogP contribution is 2.25. The molecule has 0 amide bonds. The maximum atomic E-state index is 5.95. The summed E-state index contributed by atoms with van der Waals surface area (Å²) in [7, 11) is 2.02. The molecule has 28 heavy (non-hydrogen) atoms. The minimum absolute atomic E-state index is 0.726. The van der Waals surface area contributed by atoms with E-state index in [2.05, 4.69) is 47.2 Å². The van der Waals surface area contributed by atoms with E-state index in [0.717, 1.165) is 40.9 Å². The average molecular weight is 413 g/mol. The van der Waals surface area contributed by atoms with E-state index in [1.807, 2.05) is 37.7 Å². The molecule has 146 valence electrons. The van der Waals surface area contributed by atoms with Gasteiger partial charge in [-0.3, -0.25) is 0 Å². The van der Waals surface area contributed by atoms with Crippen molar-refractivity contribution in [1.82, 2.24) is 14.3 Å². The summed E-state index contributed by atoms with van der Waals surface area (Å²) in [5, 5.41) is 1.78. The lowest BCUT2D eigenvalue weighted by Gasteiger charge is -2.11. The third-order valence-electron chi connectivity index (χ3n) is 4.67. The molecule has 4 nitrogen and oxygen atoms in total. The van der Waals surface area contributed by atoms with E-state index in [0.29, 0.717) is 0 Å². The summed E-state index contributed by atoms with van der Waals surface area (Å²) in [4.78, 5) is 11.4. The fourth-order valence-corrected chi connectivity index (χ4v) is 3.62. The van der Waals surface area contributed by atoms with Crippen molar-refractivity contribution in [2.45, 2.75) is 33.6 Å². The summed E-state index contributed by atoms with van der Waals surface area (Å²) in [6, 6.07) is 12.2. The molecule has 0 aliphatic rings. The Morgan fingerprint density at radius 3 is 2.57 bits per heavy atom. The lowest BCUT2D eigenvalue weighted by atomic mass is 10.0. The van der Waals surface area contributed by atoms with Gasteiger partial charge in [-0.1, -0.05) is 29.8 Å². The van der Waals surface area contributed by atoms with Gasteiger partial charge in [0.1, 0.15) is 10.8 Å². The maximum absolute atomic E-state index is 5.95. The number of halogens is 1. The van der Waals surface area contributed by atoms with Gasteiger partial charge in [-0.05, 0) is 72.8 Å². The SMILES string of the molecule is CCN(C)C=Nc1cc(C)c(Cc2nc(Cc3ccc(Cl)cc3)ns2)cc1C. The zero-order valence-corrected chi connectivity index (χ0v) is 18.3. The van der Waals surface area contributed by atoms with Crippen LogP contribution in [0.1, 0.15) is 40.0 Å². The molecule has 0 bridgehead atoms. The minimum Gasteiger partial charge on any atom is -0.366 e. The molecule has 6 heteroatoms. The summed E-state index contributed by atoms with van der Waals surface area (Å²) in [6.07, 6.45) is 3.41. The number of benzene rings is 2. The first-order chi connectivity index (χ1) is 13.4. The van der Waals surface area contributed by atoms with Crippen molar-refractivity contribution in [1.29, 1.82) is 0 Å². The van der Waals surface area contributed by atoms with Crippen LogP contribution in [0.2, 0.25) is 5.02 Å². The van der Waals surface area contributed by atoms with Crippen molar-refractivity contribution in [2.24, 2.45) is 4.99 Å². The topological polar surface area (TPSA) is 41.4 Å². The van der Waals surface area contributed by atoms with Crippen LogP contribution < -0.4 is 0 Å². The summed E-state index contributed by atoms with van der Waals surface area (Å²) in [6.45, 7) is 7.28. The van der Waals surface area contributed by atoms with Crippen LogP contribution >= 0.6 is 23.1 Å². The van der Waals surface area contributed by atoms with E-state index < -0.39 is 0 Å². The van der Waals surface area contributed by atoms with Crippen LogP contribution in [0.4, 0.5) is 5.69 Å². The summed E-state index contributed by atoms with van der Waals surface area (Å²) < 4.78 is 4.53. The van der Waals surface area contributed by atoms with E-state index in [9.17, 15) is 0 Å². The Morgan fingerprint density at radius 2 is 1.86 bits per heavy atom. The summed E-state index contributed by atoms with van der Waals surface area (Å²) in [5.41, 5.74) is 5.86. The summed E-state index contributed by atoms with van der Waals surface area (Å²) in [5.74, 6) is 0.862. The third kappa shape index (κ3) is 5.40. The predicted octanol–water partition coefficient (Wildman–Crippen LogP) is 5.60. The Labute approximate surface area is 176 Å². The standard InChI is InChI=1S/C22H25ClN4S/c1-5-27(4)14-24-20-11-15(2)18(10-16(20)3)13-22-25-21(26-28-22)12-17-6-8-19(23)9-7-17/h6-11,14H,5,12-13H2,1-4H3. The number of hydrogen-bond donors (Lipinski definition) is 0. The van der Waals surface area contributed by atoms with Crippen LogP contribution in [0.3, 0.4) is 0 Å². The molecular weight excluding hydrogens is 388 g/mol. The third-order valence-corrected chi connectivity index (χ3v) is 5.67. The van der Waals surface area contributed by atoms with Gasteiger partial charge in [0.15, 0.2) is 0 Å². The fourth-order valence-electron chi connectivity index (χ4n) is 2.81. The van der Waals surface area contributed by atoms with E-state index in [4.69, 9.17) is 16.6 Å². The second-order valence-corrected chi connectivity index (χ2v) is 8.24. The Bertz CT molecular complexity index is 963. The van der Waals surface area contributed by atoms with E-state index in [1.54, 1.807) is 0 Å². The van der Waals surface area contributed by atoms with Crippen LogP contribution in [0.5, 0.6) is 0 Å². The number of aliphatic imine (C=N–C) groups is 1. The zero-order valence-electron chi connectivity index (χ0n) is 16.7. The Kier molecular flexibility index (Phi) is 6.81. The van der Waals surface area contributed by atoms with Crippen LogP contribution in [-0.2, 0) is 12.8 Å². The molecule has 1 aromatic heterocycles. The zero-order chi connectivity index (χ0) is 20.1. The normalized spacial score (nSPS) is 11.3. The second-order valence-electron chi connectivity index (χ2n) is 6.97. The number of nitrogens with zero attached hydrogens (tertiary/aromatic N) is 4. The molecule has 0 saturated heterocycles. The molecule has 3 rings (SSSR count). The van der Waals surface area contributed by atoms with Crippen molar-refractivity contribution in [3.05, 3.63) is 74.5 Å². The summed E-state index contributed by atoms with van der Waals surface area (Å²) >= 11 is 7.43. The molecule has 0 aliphatic carbocycles. The highest BCUT2D eigenvalue weighted by Gasteiger charge is 2.10. The van der Waals surface area contributed by atoms with Crippen molar-refractivity contribution < 1.29 is 0 Å². The molecule has 0 fully saturated rings. The molecule has 0 spiro atoms. The van der Waals surface area contributed by atoms with Gasteiger partial charge in [0.05, 0.1) is 12.0 Å². The van der Waals surface area contributed by atoms with Gasteiger partial charge in [-0.25, -0.2) is 9.98 Å². The number of aryl methyl sites for hydroxylation is 2. The van der Waals surface area contributed by atoms with Crippen LogP contribution in [-0.4, -0.2) is 34.2 Å². The molecular formula is C22H25ClN4S. The van der Waals surface area contributed by atoms with Crippen molar-refractivity contribution in [3.63, 3.8) is 0 Å². The smallest absolute Gasteiger partial charge is 0.146 e. The highest BCUT2D eigenvalue weighted by atomic mass is 35.5. The molecule has 0 radical (unpaired) electrons. The van der Waals surface area contributed by atoms with Crippen molar-refractivity contribution in [3.8, 4) is 0 Å². The molecule has 0 unspecified atom stereocenters. The molecule has 2 aromatic carbocycles. The Balaban J connectivity index is 1.71. The van der Waals surface area contributed by atoms with Crippen molar-refractivity contribution >= 4 is 35.2 Å². The Morgan fingerprint density at radius 1 is 1.11 bits per heavy atom. The van der Waals surface area contributed by atoms with Crippen LogP contribution in [0.25, 0.3) is 0 Å². The molecule has 3 aromatic rings. The number of rotatable bonds is 7. The fraction of sp³-hybridized carbons (Fsp3) is 0.318. The number of hydrogen-bond acceptors (Lipinski definition) is 4. The van der Waals surface area contributed by atoms with Gasteiger partial charge in [0.25, 0.3) is 0 Å². The first-order valence-electron chi connectivity index (χ1n) is 9.35. The molecule has 0 saturated carbocycles. The quantitative estimate of drug-likeness (QED) is 0.374. The molecule has 1 heterocycles. The minimum atomic E-state index is 0.726. The van der Waals surface area contributed by atoms with Gasteiger partial charge < -0.3 is 4.90 Å². The number of aromatic nitrogens is 2. The van der Waals surface area contributed by atoms with Gasteiger partial charge >= 0.3 is 0 Å². The monoisotopic (exact) mass is 412 g/mol. The lowest BCUT2D eigenvalue weighted by Crippen LogP contribution is -2.14. The van der Waals surface area contributed by atoms with E-state index in [1.165, 1.54) is 33.8 Å². The first kappa shape index (κ1) is 20.5. The van der Waals surface area contributed by atoms with Gasteiger partial charge in [-0.2, -0.15) is 4.37 Å². The maximum Gasteiger partial charge on any atom is 0.146 e.